The molecule has 2 aromatic rings. The number of likely N-dealkylation sites (tertiary alicyclic amines) is 1. The van der Waals surface area contributed by atoms with Crippen molar-refractivity contribution in [3.05, 3.63) is 65.2 Å². The first-order valence-corrected chi connectivity index (χ1v) is 9.18. The third-order valence-corrected chi connectivity index (χ3v) is 6.64. The molecule has 2 unspecified atom stereocenters. The average molecular weight is 402 g/mol. The molecule has 2 bridgehead atoms. The van der Waals surface area contributed by atoms with Crippen LogP contribution in [0.1, 0.15) is 37.0 Å². The number of piperidine rings is 1. The minimum Gasteiger partial charge on any atom is -0.508 e. The maximum Gasteiger partial charge on any atom is 0.115 e. The van der Waals surface area contributed by atoms with Gasteiger partial charge in [-0.25, -0.2) is 0 Å². The average Bonchev–Trinajstić information content (AvgIpc) is 2.59. The molecule has 0 amide bonds. The minimum absolute atomic E-state index is 0. The van der Waals surface area contributed by atoms with Crippen molar-refractivity contribution in [3.8, 4) is 5.75 Å². The van der Waals surface area contributed by atoms with E-state index in [9.17, 15) is 5.11 Å². The monoisotopic (exact) mass is 401 g/mol. The quantitative estimate of drug-likeness (QED) is 0.802. The Balaban J connectivity index is 0.00000182. The lowest BCUT2D eigenvalue weighted by Crippen LogP contribution is -2.58. The third kappa shape index (κ3) is 3.24. The summed E-state index contributed by atoms with van der Waals surface area (Å²) in [6.45, 7) is 7.11. The van der Waals surface area contributed by atoms with E-state index in [1.807, 2.05) is 12.1 Å². The van der Waals surface area contributed by atoms with Gasteiger partial charge in [0.15, 0.2) is 0 Å². The van der Waals surface area contributed by atoms with Gasteiger partial charge in [0, 0.05) is 12.6 Å². The number of phenols is 1. The van der Waals surface area contributed by atoms with Crippen molar-refractivity contribution in [2.24, 2.45) is 5.92 Å². The number of phenolic OH excluding ortho intramolecular Hbond substituents is 1. The summed E-state index contributed by atoms with van der Waals surface area (Å²) in [4.78, 5) is 2.70. The predicted molar refractivity (Wildman–Crippen MR) is 109 cm³/mol. The zero-order valence-electron chi connectivity index (χ0n) is 15.1. The lowest BCUT2D eigenvalue weighted by atomic mass is 9.59. The molecule has 1 saturated heterocycles. The first-order chi connectivity index (χ1) is 11.6. The highest BCUT2D eigenvalue weighted by Gasteiger charge is 2.48. The van der Waals surface area contributed by atoms with Crippen molar-refractivity contribution < 1.29 is 5.11 Å². The number of rotatable bonds is 3. The number of benzene rings is 2. The van der Waals surface area contributed by atoms with Crippen LogP contribution in [0.25, 0.3) is 0 Å². The van der Waals surface area contributed by atoms with Crippen molar-refractivity contribution >= 4 is 17.0 Å². The van der Waals surface area contributed by atoms with Crippen LogP contribution in [0.3, 0.4) is 0 Å². The molecule has 2 aromatic carbocycles. The molecular formula is C22H28BrNO. The van der Waals surface area contributed by atoms with Gasteiger partial charge in [-0.2, -0.15) is 0 Å². The van der Waals surface area contributed by atoms with E-state index in [1.54, 1.807) is 0 Å². The van der Waals surface area contributed by atoms with Gasteiger partial charge in [-0.05, 0) is 66.0 Å². The lowest BCUT2D eigenvalue weighted by Gasteiger charge is -2.54. The Morgan fingerprint density at radius 2 is 1.92 bits per heavy atom. The Kier molecular flexibility index (Phi) is 5.26. The fourth-order valence-electron chi connectivity index (χ4n) is 4.89. The van der Waals surface area contributed by atoms with Gasteiger partial charge in [0.2, 0.25) is 0 Å². The van der Waals surface area contributed by atoms with Crippen molar-refractivity contribution in [1.82, 2.24) is 4.90 Å². The van der Waals surface area contributed by atoms with Crippen LogP contribution in [0.15, 0.2) is 48.5 Å². The van der Waals surface area contributed by atoms with Gasteiger partial charge in [0.1, 0.15) is 5.75 Å². The molecule has 134 valence electrons. The zero-order chi connectivity index (χ0) is 16.7. The first kappa shape index (κ1) is 18.5. The van der Waals surface area contributed by atoms with E-state index in [0.29, 0.717) is 17.7 Å². The normalized spacial score (nSPS) is 28.1. The summed E-state index contributed by atoms with van der Waals surface area (Å²) in [5.74, 6) is 1.03. The number of fused-ring (bicyclic) bond motifs is 4. The van der Waals surface area contributed by atoms with Gasteiger partial charge in [-0.15, -0.1) is 17.0 Å². The van der Waals surface area contributed by atoms with E-state index in [1.165, 1.54) is 23.1 Å². The van der Waals surface area contributed by atoms with E-state index >= 15 is 0 Å². The number of hydrogen-bond donors (Lipinski definition) is 1. The largest absolute Gasteiger partial charge is 0.508 e. The topological polar surface area (TPSA) is 23.5 Å². The highest BCUT2D eigenvalue weighted by Crippen LogP contribution is 2.49. The van der Waals surface area contributed by atoms with Gasteiger partial charge >= 0.3 is 0 Å². The second-order valence-electron chi connectivity index (χ2n) is 7.84. The zero-order valence-corrected chi connectivity index (χ0v) is 16.8. The van der Waals surface area contributed by atoms with Crippen molar-refractivity contribution in [1.29, 1.82) is 0 Å². The Morgan fingerprint density at radius 3 is 2.68 bits per heavy atom. The molecule has 0 radical (unpaired) electrons. The summed E-state index contributed by atoms with van der Waals surface area (Å²) < 4.78 is 0. The molecule has 0 saturated carbocycles. The Hall–Kier alpha value is -1.32. The molecule has 3 atom stereocenters. The molecule has 1 fully saturated rings. The second-order valence-corrected chi connectivity index (χ2v) is 7.84. The van der Waals surface area contributed by atoms with E-state index < -0.39 is 0 Å². The molecule has 4 rings (SSSR count). The van der Waals surface area contributed by atoms with Crippen LogP contribution in [-0.2, 0) is 18.3 Å². The number of halogens is 1. The molecule has 3 heteroatoms. The smallest absolute Gasteiger partial charge is 0.115 e. The summed E-state index contributed by atoms with van der Waals surface area (Å²) in [6.07, 6.45) is 3.42. The van der Waals surface area contributed by atoms with Gasteiger partial charge < -0.3 is 5.11 Å². The third-order valence-electron chi connectivity index (χ3n) is 6.64. The molecule has 2 aliphatic rings. The fourth-order valence-corrected chi connectivity index (χ4v) is 4.89. The summed E-state index contributed by atoms with van der Waals surface area (Å²) in [5.41, 5.74) is 4.44. The molecular weight excluding hydrogens is 374 g/mol. The minimum atomic E-state index is 0. The summed E-state index contributed by atoms with van der Waals surface area (Å²) in [6, 6.07) is 17.4. The number of hydrogen-bond acceptors (Lipinski definition) is 2. The molecule has 2 nitrogen and oxygen atoms in total. The maximum atomic E-state index is 9.94. The van der Waals surface area contributed by atoms with Crippen LogP contribution in [0.2, 0.25) is 0 Å². The highest BCUT2D eigenvalue weighted by atomic mass is 79.9. The van der Waals surface area contributed by atoms with E-state index in [-0.39, 0.29) is 22.4 Å². The van der Waals surface area contributed by atoms with Gasteiger partial charge in [-0.1, -0.05) is 50.2 Å². The van der Waals surface area contributed by atoms with Crippen LogP contribution in [0.5, 0.6) is 5.75 Å². The summed E-state index contributed by atoms with van der Waals surface area (Å²) >= 11 is 0. The molecule has 0 aromatic heterocycles. The molecule has 1 aliphatic carbocycles. The molecule has 1 heterocycles. The molecule has 1 aliphatic heterocycles. The Labute approximate surface area is 161 Å². The van der Waals surface area contributed by atoms with Crippen LogP contribution in [0.4, 0.5) is 0 Å². The van der Waals surface area contributed by atoms with E-state index in [0.717, 1.165) is 25.9 Å². The van der Waals surface area contributed by atoms with Gasteiger partial charge in [0.25, 0.3) is 0 Å². The van der Waals surface area contributed by atoms with Crippen LogP contribution >= 0.6 is 17.0 Å². The standard InChI is InChI=1S/C22H27NO.BrH/c1-16-21-14-18-8-9-19(24)15-20(18)22(16,2)11-13-23(21)12-10-17-6-4-3-5-7-17;/h3-9,15-16,21,24H,10-14H2,1-2H3;1H/t16?,21?,22-;/m1./s1. The SMILES string of the molecule is Br.CC1C2Cc3ccc(O)cc3[C@]1(C)CCN2CCc1ccccc1. The highest BCUT2D eigenvalue weighted by molar-refractivity contribution is 8.93. The summed E-state index contributed by atoms with van der Waals surface area (Å²) in [5, 5.41) is 9.94. The maximum absolute atomic E-state index is 9.94. The van der Waals surface area contributed by atoms with Gasteiger partial charge in [-0.3, -0.25) is 4.90 Å². The lowest BCUT2D eigenvalue weighted by molar-refractivity contribution is 0.0322. The van der Waals surface area contributed by atoms with E-state index in [4.69, 9.17) is 0 Å². The summed E-state index contributed by atoms with van der Waals surface area (Å²) in [7, 11) is 0. The number of aromatic hydroxyl groups is 1. The molecule has 0 spiro atoms. The van der Waals surface area contributed by atoms with Crippen LogP contribution in [0, 0.1) is 5.92 Å². The predicted octanol–water partition coefficient (Wildman–Crippen LogP) is 4.74. The van der Waals surface area contributed by atoms with Gasteiger partial charge in [0.05, 0.1) is 0 Å². The Bertz CT molecular complexity index is 732. The van der Waals surface area contributed by atoms with Crippen molar-refractivity contribution in [2.75, 3.05) is 13.1 Å². The second kappa shape index (κ2) is 7.13. The first-order valence-electron chi connectivity index (χ1n) is 9.18. The molecule has 1 N–H and O–H groups in total. The fraction of sp³-hybridized carbons (Fsp3) is 0.455. The van der Waals surface area contributed by atoms with Crippen LogP contribution in [-0.4, -0.2) is 29.1 Å². The number of nitrogens with zero attached hydrogens (tertiary/aromatic N) is 1. The van der Waals surface area contributed by atoms with Crippen molar-refractivity contribution in [2.45, 2.75) is 44.6 Å². The van der Waals surface area contributed by atoms with Crippen molar-refractivity contribution in [3.63, 3.8) is 0 Å². The Morgan fingerprint density at radius 1 is 1.16 bits per heavy atom. The van der Waals surface area contributed by atoms with Crippen LogP contribution < -0.4 is 0 Å². The molecule has 25 heavy (non-hydrogen) atoms. The van der Waals surface area contributed by atoms with E-state index in [2.05, 4.69) is 55.1 Å².